The van der Waals surface area contributed by atoms with E-state index < -0.39 is 12.2 Å². The summed E-state index contributed by atoms with van der Waals surface area (Å²) < 4.78 is 5.83. The van der Waals surface area contributed by atoms with Crippen LogP contribution in [0.4, 0.5) is 0 Å². The first-order valence-electron chi connectivity index (χ1n) is 6.04. The highest BCUT2D eigenvalue weighted by molar-refractivity contribution is 4.96. The fourth-order valence-corrected chi connectivity index (χ4v) is 2.24. The van der Waals surface area contributed by atoms with Gasteiger partial charge in [-0.2, -0.15) is 0 Å². The van der Waals surface area contributed by atoms with Crippen molar-refractivity contribution < 1.29 is 14.9 Å². The highest BCUT2D eigenvalue weighted by Gasteiger charge is 2.48. The van der Waals surface area contributed by atoms with Gasteiger partial charge in [0.2, 0.25) is 0 Å². The van der Waals surface area contributed by atoms with Crippen molar-refractivity contribution in [1.29, 1.82) is 0 Å². The van der Waals surface area contributed by atoms with Gasteiger partial charge in [-0.3, -0.25) is 0 Å². The zero-order valence-corrected chi connectivity index (χ0v) is 11.3. The van der Waals surface area contributed by atoms with Crippen molar-refractivity contribution in [2.24, 2.45) is 10.8 Å². The molecule has 4 atom stereocenters. The Bertz CT molecular complexity index is 237. The van der Waals surface area contributed by atoms with Crippen LogP contribution >= 0.6 is 0 Å². The van der Waals surface area contributed by atoms with Crippen molar-refractivity contribution in [3.05, 3.63) is 0 Å². The fraction of sp³-hybridized carbons (Fsp3) is 1.00. The summed E-state index contributed by atoms with van der Waals surface area (Å²) in [5.41, 5.74) is -0.0504. The van der Waals surface area contributed by atoms with E-state index in [2.05, 4.69) is 20.8 Å². The third-order valence-corrected chi connectivity index (χ3v) is 3.03. The molecule has 1 aliphatic heterocycles. The molecule has 3 nitrogen and oxygen atoms in total. The van der Waals surface area contributed by atoms with Gasteiger partial charge >= 0.3 is 0 Å². The molecule has 4 unspecified atom stereocenters. The molecular weight excluding hydrogens is 204 g/mol. The van der Waals surface area contributed by atoms with Crippen LogP contribution in [0.5, 0.6) is 0 Å². The summed E-state index contributed by atoms with van der Waals surface area (Å²) in [5, 5.41) is 20.0. The summed E-state index contributed by atoms with van der Waals surface area (Å²) in [6, 6.07) is 0. The highest BCUT2D eigenvalue weighted by Crippen LogP contribution is 2.37. The van der Waals surface area contributed by atoms with Crippen LogP contribution in [0.2, 0.25) is 0 Å². The summed E-state index contributed by atoms with van der Waals surface area (Å²) in [6.45, 7) is 12.4. The largest absolute Gasteiger partial charge is 0.388 e. The Balaban J connectivity index is 2.72. The lowest BCUT2D eigenvalue weighted by Gasteiger charge is -2.29. The van der Waals surface area contributed by atoms with Crippen molar-refractivity contribution in [2.75, 3.05) is 0 Å². The maximum absolute atomic E-state index is 9.99. The van der Waals surface area contributed by atoms with E-state index in [1.54, 1.807) is 0 Å². The first-order chi connectivity index (χ1) is 7.02. The minimum Gasteiger partial charge on any atom is -0.388 e. The highest BCUT2D eigenvalue weighted by atomic mass is 16.5. The van der Waals surface area contributed by atoms with E-state index >= 15 is 0 Å². The van der Waals surface area contributed by atoms with Crippen molar-refractivity contribution >= 4 is 0 Å². The number of hydrogen-bond donors (Lipinski definition) is 2. The average molecular weight is 230 g/mol. The van der Waals surface area contributed by atoms with Gasteiger partial charge in [0.15, 0.2) is 0 Å². The summed E-state index contributed by atoms with van der Waals surface area (Å²) >= 11 is 0. The maximum Gasteiger partial charge on any atom is 0.109 e. The van der Waals surface area contributed by atoms with Gasteiger partial charge < -0.3 is 14.9 Å². The molecule has 3 heteroatoms. The number of rotatable bonds is 1. The second-order valence-electron chi connectivity index (χ2n) is 7.21. The Morgan fingerprint density at radius 1 is 0.938 bits per heavy atom. The average Bonchev–Trinajstić information content (AvgIpc) is 2.28. The third kappa shape index (κ3) is 3.19. The Labute approximate surface area is 98.8 Å². The second kappa shape index (κ2) is 4.28. The van der Waals surface area contributed by atoms with E-state index in [1.807, 2.05) is 20.8 Å². The molecule has 0 aromatic carbocycles. The van der Waals surface area contributed by atoms with Crippen LogP contribution < -0.4 is 0 Å². The molecule has 1 heterocycles. The van der Waals surface area contributed by atoms with Gasteiger partial charge in [-0.1, -0.05) is 41.5 Å². The van der Waals surface area contributed by atoms with Crippen LogP contribution in [0, 0.1) is 10.8 Å². The molecule has 0 aromatic heterocycles. The summed E-state index contributed by atoms with van der Waals surface area (Å²) in [6.07, 6.45) is -1.30. The van der Waals surface area contributed by atoms with Crippen LogP contribution in [-0.2, 0) is 4.74 Å². The van der Waals surface area contributed by atoms with Crippen molar-refractivity contribution in [3.8, 4) is 0 Å². The van der Waals surface area contributed by atoms with Gasteiger partial charge in [0.05, 0.1) is 12.2 Å². The number of ether oxygens (including phenoxy) is 1. The van der Waals surface area contributed by atoms with Crippen LogP contribution in [0.15, 0.2) is 0 Å². The molecule has 1 aliphatic rings. The molecule has 0 saturated carbocycles. The Morgan fingerprint density at radius 2 is 1.44 bits per heavy atom. The van der Waals surface area contributed by atoms with E-state index in [0.717, 1.165) is 6.42 Å². The zero-order chi connectivity index (χ0) is 12.7. The molecule has 0 spiro atoms. The monoisotopic (exact) mass is 230 g/mol. The fourth-order valence-electron chi connectivity index (χ4n) is 2.24. The van der Waals surface area contributed by atoms with Gasteiger partial charge in [0.25, 0.3) is 0 Å². The van der Waals surface area contributed by atoms with Gasteiger partial charge in [-0.05, 0) is 17.3 Å². The number of aliphatic hydroxyl groups is 2. The smallest absolute Gasteiger partial charge is 0.109 e. The van der Waals surface area contributed by atoms with E-state index in [9.17, 15) is 10.2 Å². The van der Waals surface area contributed by atoms with Crippen molar-refractivity contribution in [3.63, 3.8) is 0 Å². The summed E-state index contributed by atoms with van der Waals surface area (Å²) in [7, 11) is 0. The summed E-state index contributed by atoms with van der Waals surface area (Å²) in [5.74, 6) is 0. The van der Waals surface area contributed by atoms with E-state index in [0.29, 0.717) is 0 Å². The van der Waals surface area contributed by atoms with E-state index in [1.165, 1.54) is 0 Å². The third-order valence-electron chi connectivity index (χ3n) is 3.03. The normalized spacial score (nSPS) is 36.8. The van der Waals surface area contributed by atoms with Gasteiger partial charge in [0, 0.05) is 0 Å². The molecule has 0 aromatic rings. The molecule has 0 radical (unpaired) electrons. The number of hydrogen-bond acceptors (Lipinski definition) is 3. The van der Waals surface area contributed by atoms with Gasteiger partial charge in [-0.15, -0.1) is 0 Å². The van der Waals surface area contributed by atoms with Crippen molar-refractivity contribution in [1.82, 2.24) is 0 Å². The predicted octanol–water partition coefficient (Wildman–Crippen LogP) is 1.96. The first kappa shape index (κ1) is 13.9. The zero-order valence-electron chi connectivity index (χ0n) is 11.3. The second-order valence-corrected chi connectivity index (χ2v) is 7.21. The summed E-state index contributed by atoms with van der Waals surface area (Å²) in [4.78, 5) is 0. The topological polar surface area (TPSA) is 49.7 Å². The molecule has 0 aliphatic carbocycles. The van der Waals surface area contributed by atoms with Gasteiger partial charge in [0.1, 0.15) is 12.2 Å². The molecule has 1 rings (SSSR count). The molecule has 2 N–H and O–H groups in total. The Hall–Kier alpha value is -0.120. The Morgan fingerprint density at radius 3 is 1.75 bits per heavy atom. The molecular formula is C13H26O3. The first-order valence-corrected chi connectivity index (χ1v) is 6.04. The standard InChI is InChI=1S/C13H26O3/c1-12(2,3)7-8-9(14)10(15)11(16-8)13(4,5)6/h8-11,14-15H,7H2,1-6H3. The SMILES string of the molecule is CC(C)(C)CC1OC(C(C)(C)C)C(O)C1O. The number of aliphatic hydroxyl groups excluding tert-OH is 2. The molecule has 0 amide bonds. The van der Waals surface area contributed by atoms with Crippen LogP contribution in [0.25, 0.3) is 0 Å². The quantitative estimate of drug-likeness (QED) is 0.724. The molecule has 1 fully saturated rings. The minimum atomic E-state index is -0.771. The molecule has 0 bridgehead atoms. The van der Waals surface area contributed by atoms with Crippen molar-refractivity contribution in [2.45, 2.75) is 72.4 Å². The van der Waals surface area contributed by atoms with Gasteiger partial charge in [-0.25, -0.2) is 0 Å². The van der Waals surface area contributed by atoms with Crippen LogP contribution in [0.1, 0.15) is 48.0 Å². The Kier molecular flexibility index (Phi) is 3.73. The van der Waals surface area contributed by atoms with E-state index in [4.69, 9.17) is 4.74 Å². The predicted molar refractivity (Wildman–Crippen MR) is 64.2 cm³/mol. The van der Waals surface area contributed by atoms with Crippen LogP contribution in [-0.4, -0.2) is 34.6 Å². The molecule has 16 heavy (non-hydrogen) atoms. The lowest BCUT2D eigenvalue weighted by atomic mass is 9.84. The lowest BCUT2D eigenvalue weighted by Crippen LogP contribution is -2.39. The van der Waals surface area contributed by atoms with E-state index in [-0.39, 0.29) is 23.0 Å². The molecule has 1 saturated heterocycles. The van der Waals surface area contributed by atoms with Crippen LogP contribution in [0.3, 0.4) is 0 Å². The molecule has 96 valence electrons. The lowest BCUT2D eigenvalue weighted by molar-refractivity contribution is -0.0599. The minimum absolute atomic E-state index is 0.0954. The maximum atomic E-state index is 9.99.